The van der Waals surface area contributed by atoms with Crippen molar-refractivity contribution in [3.05, 3.63) is 173 Å². The predicted octanol–water partition coefficient (Wildman–Crippen LogP) is 4.55. The normalized spacial score (nSPS) is 10.7. The third kappa shape index (κ3) is 11.4. The quantitative estimate of drug-likeness (QED) is 0.223. The first-order valence-corrected chi connectivity index (χ1v) is 16.2. The van der Waals surface area contributed by atoms with E-state index in [9.17, 15) is 0 Å². The first-order valence-electron chi connectivity index (χ1n) is 15.0. The maximum absolute atomic E-state index is 3.82. The minimum atomic E-state index is 0. The van der Waals surface area contributed by atoms with Crippen LogP contribution in [0.2, 0.25) is 0 Å². The summed E-state index contributed by atoms with van der Waals surface area (Å²) in [7, 11) is 0. The second-order valence-electron chi connectivity index (χ2n) is 12.2. The zero-order valence-corrected chi connectivity index (χ0v) is 30.8. The molecule has 0 aromatic heterocycles. The molecule has 0 saturated heterocycles. The molecule has 0 unspecified atom stereocenters. The van der Waals surface area contributed by atoms with Gasteiger partial charge in [0, 0.05) is 0 Å². The van der Waals surface area contributed by atoms with Gasteiger partial charge in [-0.05, 0) is 12.0 Å². The van der Waals surface area contributed by atoms with Crippen LogP contribution in [-0.2, 0) is 48.9 Å². The SMILES string of the molecule is C=Cc1c[c-]c2c(c1)-c1cc(C=C)ccc1C2.Cc1cc(C(C)(C)C)c[cH-]1.[Cl-].[Cl-].[Zr+2]=[C](Cc1ccccc1)Cc1ccccc1. The Morgan fingerprint density at radius 1 is 0.800 bits per heavy atom. The van der Waals surface area contributed by atoms with Crippen molar-refractivity contribution in [2.24, 2.45) is 0 Å². The Kier molecular flexibility index (Phi) is 15.5. The van der Waals surface area contributed by atoms with Gasteiger partial charge in [0.1, 0.15) is 0 Å². The van der Waals surface area contributed by atoms with E-state index >= 15 is 0 Å². The molecule has 0 atom stereocenters. The number of halogens is 2. The third-order valence-electron chi connectivity index (χ3n) is 7.61. The summed E-state index contributed by atoms with van der Waals surface area (Å²) in [5, 5.41) is 0. The van der Waals surface area contributed by atoms with Gasteiger partial charge < -0.3 is 24.8 Å². The summed E-state index contributed by atoms with van der Waals surface area (Å²) in [6.45, 7) is 16.5. The van der Waals surface area contributed by atoms with Crippen LogP contribution in [0.1, 0.15) is 65.3 Å². The Hall–Kier alpha value is -2.96. The Labute approximate surface area is 298 Å². The molecule has 0 aliphatic heterocycles. The van der Waals surface area contributed by atoms with E-state index in [-0.39, 0.29) is 24.8 Å². The van der Waals surface area contributed by atoms with Gasteiger partial charge in [0.25, 0.3) is 0 Å². The summed E-state index contributed by atoms with van der Waals surface area (Å²) < 4.78 is 1.60. The van der Waals surface area contributed by atoms with Gasteiger partial charge in [0.15, 0.2) is 0 Å². The van der Waals surface area contributed by atoms with Gasteiger partial charge in [-0.2, -0.15) is 47.0 Å². The van der Waals surface area contributed by atoms with Crippen molar-refractivity contribution in [2.45, 2.75) is 52.4 Å². The molecule has 1 aliphatic rings. The Bertz CT molecular complexity index is 1570. The molecule has 0 spiro atoms. The molecule has 0 heterocycles. The van der Waals surface area contributed by atoms with Gasteiger partial charge in [-0.1, -0.05) is 75.1 Å². The average Bonchev–Trinajstić information content (AvgIpc) is 3.61. The molecule has 0 N–H and O–H groups in total. The molecule has 5 aromatic carbocycles. The third-order valence-corrected chi connectivity index (χ3v) is 8.48. The van der Waals surface area contributed by atoms with Crippen LogP contribution in [0.25, 0.3) is 23.3 Å². The van der Waals surface area contributed by atoms with Crippen molar-refractivity contribution < 1.29 is 49.0 Å². The molecule has 5 aromatic rings. The number of rotatable bonds is 6. The number of fused-ring (bicyclic) bond motifs is 3. The Morgan fingerprint density at radius 2 is 1.36 bits per heavy atom. The van der Waals surface area contributed by atoms with Crippen molar-refractivity contribution in [1.29, 1.82) is 0 Å². The van der Waals surface area contributed by atoms with Crippen LogP contribution in [0.3, 0.4) is 0 Å². The topological polar surface area (TPSA) is 0 Å². The molecular formula is C42H42Cl2Zr-2. The summed E-state index contributed by atoms with van der Waals surface area (Å²) >= 11 is 1.55. The van der Waals surface area contributed by atoms with E-state index in [1.807, 2.05) is 18.2 Å². The minimum absolute atomic E-state index is 0. The fourth-order valence-electron chi connectivity index (χ4n) is 5.14. The van der Waals surface area contributed by atoms with E-state index in [1.54, 1.807) is 27.4 Å². The molecule has 0 nitrogen and oxygen atoms in total. The van der Waals surface area contributed by atoms with Gasteiger partial charge >= 0.3 is 112 Å². The molecule has 0 amide bonds. The van der Waals surface area contributed by atoms with Crippen LogP contribution in [-0.4, -0.2) is 3.21 Å². The van der Waals surface area contributed by atoms with Gasteiger partial charge in [-0.3, -0.25) is 0 Å². The number of hydrogen-bond acceptors (Lipinski definition) is 0. The maximum atomic E-state index is 3.82. The number of hydrogen-bond donors (Lipinski definition) is 0. The van der Waals surface area contributed by atoms with Crippen molar-refractivity contribution in [3.63, 3.8) is 0 Å². The van der Waals surface area contributed by atoms with Crippen molar-refractivity contribution >= 4 is 15.4 Å². The Balaban J connectivity index is 0.000000238. The monoisotopic (exact) mass is 706 g/mol. The zero-order chi connectivity index (χ0) is 30.8. The summed E-state index contributed by atoms with van der Waals surface area (Å²) in [6.07, 6.45) is 6.98. The molecule has 1 aliphatic carbocycles. The number of aryl methyl sites for hydroxylation is 1. The van der Waals surface area contributed by atoms with Crippen molar-refractivity contribution in [3.8, 4) is 11.1 Å². The molecule has 45 heavy (non-hydrogen) atoms. The molecule has 0 bridgehead atoms. The summed E-state index contributed by atoms with van der Waals surface area (Å²) in [5.41, 5.74) is 13.5. The van der Waals surface area contributed by atoms with Gasteiger partial charge in [0.05, 0.1) is 0 Å². The predicted molar refractivity (Wildman–Crippen MR) is 184 cm³/mol. The molecular weight excluding hydrogens is 667 g/mol. The van der Waals surface area contributed by atoms with Crippen LogP contribution in [0.5, 0.6) is 0 Å². The van der Waals surface area contributed by atoms with E-state index in [1.165, 1.54) is 50.1 Å². The van der Waals surface area contributed by atoms with Gasteiger partial charge in [-0.25, -0.2) is 6.07 Å². The van der Waals surface area contributed by atoms with E-state index in [4.69, 9.17) is 0 Å². The Morgan fingerprint density at radius 3 is 1.82 bits per heavy atom. The molecule has 6 rings (SSSR count). The average molecular weight is 709 g/mol. The first kappa shape index (κ1) is 38.2. The standard InChI is InChI=1S/C17H13.C15H14.C10H15.2ClH.Zr/c1-3-12-5-7-14-11-15-8-6-13(4-2)10-17(15)16(14)9-12;1-3-8-14(9-4-1)12-7-13-15-10-5-2-6-11-15;1-8-5-6-9(7-8)10(2,3)4;;;/h3-7,9-10H,1-2,11H2;1-6,8-11H,12-13H2;5-7H,1-4H3;2*1H;/q-1;;-1;;;+2/p-2. The molecule has 230 valence electrons. The van der Waals surface area contributed by atoms with Crippen LogP contribution in [0.4, 0.5) is 0 Å². The second kappa shape index (κ2) is 18.3. The van der Waals surface area contributed by atoms with E-state index in [0.29, 0.717) is 5.41 Å². The summed E-state index contributed by atoms with van der Waals surface area (Å²) in [4.78, 5) is 0. The summed E-state index contributed by atoms with van der Waals surface area (Å²) in [6, 6.07) is 42.1. The fraction of sp³-hybridized carbons (Fsp3) is 0.190. The van der Waals surface area contributed by atoms with E-state index in [2.05, 4.69) is 150 Å². The van der Waals surface area contributed by atoms with Crippen LogP contribution in [0, 0.1) is 13.0 Å². The van der Waals surface area contributed by atoms with Crippen molar-refractivity contribution in [2.75, 3.05) is 0 Å². The van der Waals surface area contributed by atoms with E-state index < -0.39 is 0 Å². The zero-order valence-electron chi connectivity index (χ0n) is 26.8. The first-order chi connectivity index (χ1) is 20.7. The fourth-order valence-corrected chi connectivity index (χ4v) is 6.14. The van der Waals surface area contributed by atoms with Gasteiger partial charge in [-0.15, -0.1) is 23.8 Å². The summed E-state index contributed by atoms with van der Waals surface area (Å²) in [5.74, 6) is 0. The van der Waals surface area contributed by atoms with Crippen LogP contribution >= 0.6 is 0 Å². The van der Waals surface area contributed by atoms with Crippen LogP contribution in [0.15, 0.2) is 122 Å². The van der Waals surface area contributed by atoms with E-state index in [0.717, 1.165) is 24.8 Å². The van der Waals surface area contributed by atoms with Crippen LogP contribution < -0.4 is 24.8 Å². The molecule has 0 saturated carbocycles. The molecule has 0 radical (unpaired) electrons. The second-order valence-corrected chi connectivity index (χ2v) is 13.9. The molecule has 0 fully saturated rings. The van der Waals surface area contributed by atoms with Crippen molar-refractivity contribution in [1.82, 2.24) is 0 Å². The number of benzene rings is 4. The molecule has 3 heteroatoms. The van der Waals surface area contributed by atoms with Gasteiger partial charge in [0.2, 0.25) is 0 Å².